The Labute approximate surface area is 243 Å². The Morgan fingerprint density at radius 2 is 1.93 bits per heavy atom. The Bertz CT molecular complexity index is 1790. The lowest BCUT2D eigenvalue weighted by Crippen LogP contribution is -2.52. The summed E-state index contributed by atoms with van der Waals surface area (Å²) in [5.41, 5.74) is 2.70. The number of benzene rings is 3. The van der Waals surface area contributed by atoms with Crippen LogP contribution in [-0.4, -0.2) is 45.7 Å². The van der Waals surface area contributed by atoms with Gasteiger partial charge < -0.3 is 20.3 Å². The van der Waals surface area contributed by atoms with Crippen molar-refractivity contribution in [2.45, 2.75) is 32.0 Å². The summed E-state index contributed by atoms with van der Waals surface area (Å²) >= 11 is 5.92. The van der Waals surface area contributed by atoms with E-state index in [2.05, 4.69) is 25.9 Å². The second-order valence-corrected chi connectivity index (χ2v) is 10.3. The lowest BCUT2D eigenvalue weighted by Gasteiger charge is -2.29. The first-order valence-corrected chi connectivity index (χ1v) is 13.3. The van der Waals surface area contributed by atoms with Crippen LogP contribution in [0.4, 0.5) is 26.0 Å². The number of halogens is 3. The van der Waals surface area contributed by atoms with E-state index >= 15 is 4.39 Å². The quantitative estimate of drug-likeness (QED) is 0.264. The van der Waals surface area contributed by atoms with E-state index in [0.29, 0.717) is 45.0 Å². The number of fused-ring (bicyclic) bond motifs is 2. The first-order valence-electron chi connectivity index (χ1n) is 13.0. The SMILES string of the molecule is COc1cc2ncnc(Nc3ccc(F)c(Cl)c3)c2cc1NCc1cc2c(cc1F)C(=O)N(C1CCC(=O)NC1=O)C2. The lowest BCUT2D eigenvalue weighted by atomic mass is 10.0. The van der Waals surface area contributed by atoms with Crippen molar-refractivity contribution in [1.29, 1.82) is 0 Å². The Hall–Kier alpha value is -4.84. The number of nitrogens with one attached hydrogen (secondary N) is 3. The number of anilines is 3. The molecule has 42 heavy (non-hydrogen) atoms. The number of rotatable bonds is 7. The number of ether oxygens (including phenoxy) is 1. The number of amides is 3. The van der Waals surface area contributed by atoms with Crippen molar-refractivity contribution in [3.8, 4) is 5.75 Å². The molecule has 1 unspecified atom stereocenters. The Balaban J connectivity index is 1.25. The molecule has 2 aliphatic heterocycles. The minimum atomic E-state index is -0.787. The van der Waals surface area contributed by atoms with E-state index in [4.69, 9.17) is 16.3 Å². The first-order chi connectivity index (χ1) is 20.2. The molecule has 6 rings (SSSR count). The van der Waals surface area contributed by atoms with Crippen molar-refractivity contribution in [2.75, 3.05) is 17.7 Å². The lowest BCUT2D eigenvalue weighted by molar-refractivity contribution is -0.136. The molecule has 1 atom stereocenters. The number of carbonyl (C=O) groups excluding carboxylic acids is 3. The molecule has 0 spiro atoms. The third-order valence-corrected chi connectivity index (χ3v) is 7.59. The van der Waals surface area contributed by atoms with Crippen molar-refractivity contribution in [1.82, 2.24) is 20.2 Å². The highest BCUT2D eigenvalue weighted by atomic mass is 35.5. The van der Waals surface area contributed by atoms with Crippen LogP contribution in [0.15, 0.2) is 48.8 Å². The van der Waals surface area contributed by atoms with Gasteiger partial charge in [-0.15, -0.1) is 0 Å². The van der Waals surface area contributed by atoms with Crippen molar-refractivity contribution in [3.63, 3.8) is 0 Å². The summed E-state index contributed by atoms with van der Waals surface area (Å²) in [6.07, 6.45) is 1.73. The van der Waals surface area contributed by atoms with Gasteiger partial charge in [-0.3, -0.25) is 19.7 Å². The zero-order valence-corrected chi connectivity index (χ0v) is 22.9. The first kappa shape index (κ1) is 27.3. The van der Waals surface area contributed by atoms with Crippen LogP contribution in [0.3, 0.4) is 0 Å². The second kappa shape index (κ2) is 10.9. The molecule has 1 fully saturated rings. The summed E-state index contributed by atoms with van der Waals surface area (Å²) in [4.78, 5) is 46.8. The summed E-state index contributed by atoms with van der Waals surface area (Å²) in [7, 11) is 1.50. The average Bonchev–Trinajstić information content (AvgIpc) is 3.28. The van der Waals surface area contributed by atoms with Crippen molar-refractivity contribution in [3.05, 3.63) is 82.1 Å². The summed E-state index contributed by atoms with van der Waals surface area (Å²) < 4.78 is 34.3. The molecule has 0 radical (unpaired) electrons. The topological polar surface area (TPSA) is 126 Å². The Morgan fingerprint density at radius 3 is 2.69 bits per heavy atom. The molecule has 1 saturated heterocycles. The van der Waals surface area contributed by atoms with E-state index in [1.165, 1.54) is 42.6 Å². The fourth-order valence-corrected chi connectivity index (χ4v) is 5.35. The van der Waals surface area contributed by atoms with Gasteiger partial charge in [0.2, 0.25) is 11.8 Å². The molecular weight excluding hydrogens is 570 g/mol. The van der Waals surface area contributed by atoms with E-state index in [9.17, 15) is 18.8 Å². The van der Waals surface area contributed by atoms with E-state index in [1.54, 1.807) is 18.2 Å². The smallest absolute Gasteiger partial charge is 0.255 e. The van der Waals surface area contributed by atoms with Gasteiger partial charge in [0.1, 0.15) is 35.6 Å². The number of piperidine rings is 1. The van der Waals surface area contributed by atoms with Gasteiger partial charge in [0.05, 0.1) is 23.3 Å². The third-order valence-electron chi connectivity index (χ3n) is 7.30. The normalized spacial score (nSPS) is 16.4. The van der Waals surface area contributed by atoms with E-state index in [-0.39, 0.29) is 42.4 Å². The van der Waals surface area contributed by atoms with Gasteiger partial charge in [-0.2, -0.15) is 0 Å². The van der Waals surface area contributed by atoms with Crippen molar-refractivity contribution in [2.24, 2.45) is 0 Å². The maximum Gasteiger partial charge on any atom is 0.255 e. The van der Waals surface area contributed by atoms with Crippen LogP contribution in [0.25, 0.3) is 10.9 Å². The highest BCUT2D eigenvalue weighted by Gasteiger charge is 2.39. The number of hydrogen-bond acceptors (Lipinski definition) is 8. The maximum atomic E-state index is 15.2. The molecule has 214 valence electrons. The molecule has 4 aromatic rings. The van der Waals surface area contributed by atoms with E-state index < -0.39 is 29.5 Å². The van der Waals surface area contributed by atoms with Gasteiger partial charge in [-0.25, -0.2) is 18.7 Å². The molecule has 13 heteroatoms. The number of imide groups is 1. The zero-order valence-electron chi connectivity index (χ0n) is 22.1. The number of hydrogen-bond donors (Lipinski definition) is 3. The van der Waals surface area contributed by atoms with Crippen LogP contribution in [-0.2, 0) is 22.7 Å². The Morgan fingerprint density at radius 1 is 1.10 bits per heavy atom. The fraction of sp³-hybridized carbons (Fsp3) is 0.207. The molecule has 0 saturated carbocycles. The summed E-state index contributed by atoms with van der Waals surface area (Å²) in [5, 5.41) is 9.14. The standard InChI is InChI=1S/C29H23ClF2N6O4/c1-42-25-10-22-18(27(35-13-34-22)36-16-2-3-20(31)19(30)7-16)9-23(25)33-11-14-6-15-12-38(29(41)17(15)8-21(14)32)24-4-5-26(39)37-28(24)40/h2-3,6-10,13,24,33H,4-5,11-12H2,1H3,(H,34,35,36)(H,37,39,40). The molecule has 10 nitrogen and oxygen atoms in total. The Kier molecular flexibility index (Phi) is 7.07. The van der Waals surface area contributed by atoms with Gasteiger partial charge in [0.25, 0.3) is 5.91 Å². The van der Waals surface area contributed by atoms with Crippen molar-refractivity contribution >= 4 is 57.4 Å². The van der Waals surface area contributed by atoms with Crippen LogP contribution in [0, 0.1) is 11.6 Å². The van der Waals surface area contributed by atoms with Crippen molar-refractivity contribution < 1.29 is 27.9 Å². The van der Waals surface area contributed by atoms with Gasteiger partial charge in [0, 0.05) is 47.8 Å². The average molecular weight is 593 g/mol. The number of aromatic nitrogens is 2. The van der Waals surface area contributed by atoms with Gasteiger partial charge in [-0.1, -0.05) is 11.6 Å². The van der Waals surface area contributed by atoms with Crippen LogP contribution < -0.4 is 20.7 Å². The largest absolute Gasteiger partial charge is 0.495 e. The fourth-order valence-electron chi connectivity index (χ4n) is 5.17. The van der Waals surface area contributed by atoms with Gasteiger partial charge in [0.15, 0.2) is 0 Å². The molecule has 3 heterocycles. The van der Waals surface area contributed by atoms with Gasteiger partial charge >= 0.3 is 0 Å². The molecule has 0 aliphatic carbocycles. The maximum absolute atomic E-state index is 15.2. The monoisotopic (exact) mass is 592 g/mol. The molecule has 2 aliphatic rings. The summed E-state index contributed by atoms with van der Waals surface area (Å²) in [5.74, 6) is -1.59. The molecular formula is C29H23ClF2N6O4. The van der Waals surface area contributed by atoms with E-state index in [0.717, 1.165) is 0 Å². The highest BCUT2D eigenvalue weighted by Crippen LogP contribution is 2.35. The van der Waals surface area contributed by atoms with Crippen LogP contribution in [0.1, 0.15) is 34.3 Å². The van der Waals surface area contributed by atoms with Crippen LogP contribution >= 0.6 is 11.6 Å². The number of nitrogens with zero attached hydrogens (tertiary/aromatic N) is 3. The molecule has 3 aromatic carbocycles. The zero-order chi connectivity index (χ0) is 29.5. The van der Waals surface area contributed by atoms with Crippen LogP contribution in [0.5, 0.6) is 5.75 Å². The molecule has 0 bridgehead atoms. The van der Waals surface area contributed by atoms with E-state index in [1.807, 2.05) is 0 Å². The predicted octanol–water partition coefficient (Wildman–Crippen LogP) is 4.69. The minimum absolute atomic E-state index is 0.0410. The van der Waals surface area contributed by atoms with Crippen LogP contribution in [0.2, 0.25) is 5.02 Å². The highest BCUT2D eigenvalue weighted by molar-refractivity contribution is 6.31. The molecule has 3 N–H and O–H groups in total. The molecule has 1 aromatic heterocycles. The third kappa shape index (κ3) is 5.05. The number of carbonyl (C=O) groups is 3. The number of methoxy groups -OCH3 is 1. The summed E-state index contributed by atoms with van der Waals surface area (Å²) in [6, 6.07) is 9.67. The summed E-state index contributed by atoms with van der Waals surface area (Å²) in [6.45, 7) is 0.185. The second-order valence-electron chi connectivity index (χ2n) is 9.90. The predicted molar refractivity (Wildman–Crippen MR) is 151 cm³/mol. The minimum Gasteiger partial charge on any atom is -0.495 e. The molecule has 3 amide bonds. The van der Waals surface area contributed by atoms with Gasteiger partial charge in [-0.05, 0) is 48.4 Å².